The zero-order valence-corrected chi connectivity index (χ0v) is 29.5. The average Bonchev–Trinajstić information content (AvgIpc) is 3.64. The number of rotatable bonds is 14. The molecule has 6 nitrogen and oxygen atoms in total. The van der Waals surface area contributed by atoms with Gasteiger partial charge in [0.2, 0.25) is 0 Å². The lowest BCUT2D eigenvalue weighted by Crippen LogP contribution is -2.04. The van der Waals surface area contributed by atoms with Gasteiger partial charge >= 0.3 is 0 Å². The Bertz CT molecular complexity index is 1510. The number of thioether (sulfide) groups is 4. The van der Waals surface area contributed by atoms with Crippen LogP contribution in [0.2, 0.25) is 10.0 Å². The highest BCUT2D eigenvalue weighted by Crippen LogP contribution is 2.28. The first-order valence-corrected chi connectivity index (χ1v) is 19.3. The predicted molar refractivity (Wildman–Crippen MR) is 198 cm³/mol. The Morgan fingerprint density at radius 1 is 0.795 bits per heavy atom. The summed E-state index contributed by atoms with van der Waals surface area (Å²) in [5, 5.41) is 18.7. The molecule has 0 fully saturated rings. The van der Waals surface area contributed by atoms with Crippen LogP contribution in [0, 0.1) is 0 Å². The second-order valence-corrected chi connectivity index (χ2v) is 15.6. The normalized spacial score (nSPS) is 10.2. The molecule has 0 unspecified atom stereocenters. The number of nitrogens with zero attached hydrogens (tertiary/aromatic N) is 4. The number of hydrogen-bond donors (Lipinski definition) is 0. The summed E-state index contributed by atoms with van der Waals surface area (Å²) in [5.74, 6) is 1.75. The Morgan fingerprint density at radius 3 is 1.66 bits per heavy atom. The first kappa shape index (κ1) is 40.6. The molecule has 0 saturated carbocycles. The van der Waals surface area contributed by atoms with Crippen molar-refractivity contribution in [1.29, 1.82) is 0 Å². The van der Waals surface area contributed by atoms with Crippen molar-refractivity contribution in [3.8, 4) is 0 Å². The van der Waals surface area contributed by atoms with Crippen molar-refractivity contribution in [2.45, 2.75) is 59.5 Å². The topological polar surface area (TPSA) is 85.7 Å². The lowest BCUT2D eigenvalue weighted by Gasteiger charge is -2.04. The van der Waals surface area contributed by atoms with E-state index in [-0.39, 0.29) is 39.3 Å². The number of aromatic nitrogens is 4. The summed E-state index contributed by atoms with van der Waals surface area (Å²) in [5.41, 5.74) is 1.10. The van der Waals surface area contributed by atoms with Crippen LogP contribution in [-0.4, -0.2) is 56.0 Å². The van der Waals surface area contributed by atoms with Gasteiger partial charge in [0, 0.05) is 32.4 Å². The van der Waals surface area contributed by atoms with Crippen LogP contribution >= 0.6 is 92.9 Å². The number of carbonyl (C=O) groups is 2. The van der Waals surface area contributed by atoms with Crippen molar-refractivity contribution in [2.75, 3.05) is 24.0 Å². The minimum absolute atomic E-state index is 0. The van der Waals surface area contributed by atoms with Gasteiger partial charge in [-0.15, -0.1) is 50.5 Å². The molecule has 4 aromatic rings. The van der Waals surface area contributed by atoms with Crippen LogP contribution in [0.1, 0.15) is 58.9 Å². The van der Waals surface area contributed by atoms with E-state index in [1.165, 1.54) is 22.7 Å². The molecular weight excluding hydrogens is 712 g/mol. The highest BCUT2D eigenvalue weighted by atomic mass is 35.5. The van der Waals surface area contributed by atoms with Gasteiger partial charge in [-0.2, -0.15) is 0 Å². The molecule has 4 rings (SSSR count). The number of halogens is 2. The molecule has 238 valence electrons. The van der Waals surface area contributed by atoms with E-state index in [9.17, 15) is 9.59 Å². The maximum Gasteiger partial charge on any atom is 0.174 e. The van der Waals surface area contributed by atoms with E-state index in [2.05, 4.69) is 33.9 Å². The van der Waals surface area contributed by atoms with Crippen molar-refractivity contribution >= 4 is 104 Å². The molecule has 0 atom stereocenters. The van der Waals surface area contributed by atoms with Gasteiger partial charge in [-0.3, -0.25) is 9.59 Å². The van der Waals surface area contributed by atoms with Crippen LogP contribution in [0.3, 0.4) is 0 Å². The Balaban J connectivity index is 0.000000421. The fraction of sp³-hybridized carbons (Fsp3) is 0.333. The van der Waals surface area contributed by atoms with Crippen LogP contribution in [0.5, 0.6) is 0 Å². The van der Waals surface area contributed by atoms with Crippen molar-refractivity contribution < 1.29 is 9.59 Å². The summed E-state index contributed by atoms with van der Waals surface area (Å²) < 4.78 is 1.77. The van der Waals surface area contributed by atoms with Crippen LogP contribution in [0.25, 0.3) is 0 Å². The van der Waals surface area contributed by atoms with E-state index in [0.717, 1.165) is 41.4 Å². The fourth-order valence-electron chi connectivity index (χ4n) is 3.21. The lowest BCUT2D eigenvalue weighted by molar-refractivity contribution is 0.0984. The summed E-state index contributed by atoms with van der Waals surface area (Å²) in [4.78, 5) is 26.8. The van der Waals surface area contributed by atoms with Crippen LogP contribution in [0.4, 0.5) is 0 Å². The number of benzene rings is 2. The largest absolute Gasteiger partial charge is 0.294 e. The molecule has 0 spiro atoms. The molecule has 2 heterocycles. The van der Waals surface area contributed by atoms with Crippen molar-refractivity contribution in [1.82, 2.24) is 20.4 Å². The quantitative estimate of drug-likeness (QED) is 0.0706. The predicted octanol–water partition coefficient (Wildman–Crippen LogP) is 10.7. The number of hydrogen-bond acceptors (Lipinski definition) is 12. The third-order valence-electron chi connectivity index (χ3n) is 5.22. The summed E-state index contributed by atoms with van der Waals surface area (Å²) in [7, 11) is 0. The maximum absolute atomic E-state index is 12.4. The van der Waals surface area contributed by atoms with Crippen molar-refractivity contribution in [2.24, 2.45) is 0 Å². The summed E-state index contributed by atoms with van der Waals surface area (Å²) in [6.45, 7) is 5.79. The van der Waals surface area contributed by atoms with Gasteiger partial charge in [0.05, 0.1) is 22.9 Å². The minimum atomic E-state index is -0.0349. The van der Waals surface area contributed by atoms with Crippen LogP contribution < -0.4 is 0 Å². The van der Waals surface area contributed by atoms with E-state index in [1.807, 2.05) is 42.9 Å². The molecular formula is C30H36Cl2N4O2S6. The molecule has 44 heavy (non-hydrogen) atoms. The summed E-state index contributed by atoms with van der Waals surface area (Å²) >= 11 is 21.6. The van der Waals surface area contributed by atoms with Gasteiger partial charge in [0.15, 0.2) is 20.2 Å². The Morgan fingerprint density at radius 2 is 1.25 bits per heavy atom. The number of carbonyl (C=O) groups excluding carboxylic acids is 2. The zero-order valence-electron chi connectivity index (χ0n) is 23.1. The van der Waals surface area contributed by atoms with Crippen LogP contribution in [-0.2, 0) is 12.8 Å². The SMILES string of the molecule is C.C.C=CCSc1nnc(CC(=O)c2cc(SC)ccc2Cl)s1.CCCSc1nnc(CC(=O)c2cc(SC)ccc2Cl)s1. The molecule has 0 N–H and O–H groups in total. The average molecular weight is 748 g/mol. The summed E-state index contributed by atoms with van der Waals surface area (Å²) in [6, 6.07) is 11.0. The van der Waals surface area contributed by atoms with Gasteiger partial charge in [-0.25, -0.2) is 0 Å². The van der Waals surface area contributed by atoms with Crippen molar-refractivity contribution in [3.63, 3.8) is 0 Å². The second kappa shape index (κ2) is 21.4. The van der Waals surface area contributed by atoms with E-state index >= 15 is 0 Å². The third kappa shape index (κ3) is 12.8. The first-order chi connectivity index (χ1) is 20.3. The standard InChI is InChI=1S/C14H15ClN2OS3.C14H13ClN2OS3.2CH4/c2*1-3-6-20-14-17-16-13(21-14)8-12(18)10-7-9(19-2)4-5-11(10)15;;/h4-5,7H,3,6,8H2,1-2H3;3-5,7H,1,6,8H2,2H3;2*1H4. The van der Waals surface area contributed by atoms with Gasteiger partial charge < -0.3 is 0 Å². The van der Waals surface area contributed by atoms with E-state index < -0.39 is 0 Å². The first-order valence-electron chi connectivity index (χ1n) is 12.5. The lowest BCUT2D eigenvalue weighted by atomic mass is 10.1. The molecule has 2 aromatic carbocycles. The Hall–Kier alpha value is -1.38. The Kier molecular flexibility index (Phi) is 19.8. The van der Waals surface area contributed by atoms with E-state index in [0.29, 0.717) is 26.2 Å². The molecule has 0 amide bonds. The van der Waals surface area contributed by atoms with Gasteiger partial charge in [-0.1, -0.05) is 97.3 Å². The minimum Gasteiger partial charge on any atom is -0.294 e. The molecule has 0 aliphatic carbocycles. The highest BCUT2D eigenvalue weighted by molar-refractivity contribution is 8.01. The number of Topliss-reactive ketones (excluding diaryl/α,β-unsaturated/α-hetero) is 2. The van der Waals surface area contributed by atoms with E-state index in [4.69, 9.17) is 23.2 Å². The monoisotopic (exact) mass is 746 g/mol. The molecule has 0 aliphatic heterocycles. The Labute approximate surface area is 296 Å². The molecule has 0 bridgehead atoms. The third-order valence-corrected chi connectivity index (χ3v) is 11.6. The van der Waals surface area contributed by atoms with Gasteiger partial charge in [-0.05, 0) is 55.3 Å². The molecule has 0 saturated heterocycles. The smallest absolute Gasteiger partial charge is 0.174 e. The maximum atomic E-state index is 12.4. The van der Waals surface area contributed by atoms with Crippen molar-refractivity contribution in [3.05, 3.63) is 80.2 Å². The van der Waals surface area contributed by atoms with Crippen LogP contribution in [0.15, 0.2) is 67.5 Å². The number of ketones is 2. The molecule has 0 radical (unpaired) electrons. The van der Waals surface area contributed by atoms with E-state index in [1.54, 1.807) is 59.2 Å². The molecule has 14 heteroatoms. The highest BCUT2D eigenvalue weighted by Gasteiger charge is 2.16. The second-order valence-electron chi connectivity index (χ2n) is 8.26. The zero-order chi connectivity index (χ0) is 30.5. The fourth-order valence-corrected chi connectivity index (χ4v) is 8.01. The molecule has 2 aromatic heterocycles. The van der Waals surface area contributed by atoms with Gasteiger partial charge in [0.25, 0.3) is 0 Å². The molecule has 0 aliphatic rings. The summed E-state index contributed by atoms with van der Waals surface area (Å²) in [6.07, 6.45) is 7.32. The van der Waals surface area contributed by atoms with Gasteiger partial charge in [0.1, 0.15) is 10.0 Å².